The molecular weight excluding hydrogens is 236 g/mol. The molecule has 0 amide bonds. The SMILES string of the molecule is CC(C)C(C)(CCl)CCSc1ccccc1. The van der Waals surface area contributed by atoms with Crippen molar-refractivity contribution >= 4 is 23.4 Å². The van der Waals surface area contributed by atoms with Gasteiger partial charge in [0.1, 0.15) is 0 Å². The average Bonchev–Trinajstić information content (AvgIpc) is 2.30. The van der Waals surface area contributed by atoms with Gasteiger partial charge >= 0.3 is 0 Å². The van der Waals surface area contributed by atoms with Crippen molar-refractivity contribution in [1.82, 2.24) is 0 Å². The predicted molar refractivity (Wildman–Crippen MR) is 75.4 cm³/mol. The molecule has 1 atom stereocenters. The van der Waals surface area contributed by atoms with E-state index in [1.165, 1.54) is 11.3 Å². The molecule has 16 heavy (non-hydrogen) atoms. The fourth-order valence-corrected chi connectivity index (χ4v) is 3.02. The Balaban J connectivity index is 2.40. The molecule has 0 saturated heterocycles. The van der Waals surface area contributed by atoms with Gasteiger partial charge in [-0.1, -0.05) is 39.0 Å². The predicted octanol–water partition coefficient (Wildman–Crippen LogP) is 5.07. The van der Waals surface area contributed by atoms with E-state index in [1.807, 2.05) is 11.8 Å². The van der Waals surface area contributed by atoms with Crippen molar-refractivity contribution in [2.24, 2.45) is 11.3 Å². The van der Waals surface area contributed by atoms with Gasteiger partial charge in [-0.3, -0.25) is 0 Å². The van der Waals surface area contributed by atoms with Gasteiger partial charge in [0.05, 0.1) is 0 Å². The Bertz CT molecular complexity index is 297. The summed E-state index contributed by atoms with van der Waals surface area (Å²) in [6.45, 7) is 6.81. The highest BCUT2D eigenvalue weighted by atomic mass is 35.5. The molecule has 0 fully saturated rings. The van der Waals surface area contributed by atoms with Crippen molar-refractivity contribution in [2.75, 3.05) is 11.6 Å². The third-order valence-electron chi connectivity index (χ3n) is 3.38. The standard InChI is InChI=1S/C14H21ClS/c1-12(2)14(3,11-15)9-10-16-13-7-5-4-6-8-13/h4-8,12H,9-11H2,1-3H3. The van der Waals surface area contributed by atoms with Crippen molar-refractivity contribution in [3.05, 3.63) is 30.3 Å². The normalized spacial score (nSPS) is 15.1. The molecule has 2 heteroatoms. The van der Waals surface area contributed by atoms with Gasteiger partial charge < -0.3 is 0 Å². The van der Waals surface area contributed by atoms with Gasteiger partial charge in [0, 0.05) is 10.8 Å². The fraction of sp³-hybridized carbons (Fsp3) is 0.571. The number of hydrogen-bond acceptors (Lipinski definition) is 1. The first-order chi connectivity index (χ1) is 7.58. The maximum absolute atomic E-state index is 6.08. The van der Waals surface area contributed by atoms with Gasteiger partial charge in [-0.15, -0.1) is 23.4 Å². The lowest BCUT2D eigenvalue weighted by atomic mass is 9.79. The summed E-state index contributed by atoms with van der Waals surface area (Å²) in [5, 5.41) is 0. The van der Waals surface area contributed by atoms with Crippen molar-refractivity contribution in [3.8, 4) is 0 Å². The zero-order valence-corrected chi connectivity index (χ0v) is 11.9. The van der Waals surface area contributed by atoms with Crippen LogP contribution in [0.3, 0.4) is 0 Å². The quantitative estimate of drug-likeness (QED) is 0.506. The molecule has 0 heterocycles. The smallest absolute Gasteiger partial charge is 0.0280 e. The lowest BCUT2D eigenvalue weighted by Crippen LogP contribution is -2.26. The zero-order chi connectivity index (χ0) is 12.0. The van der Waals surface area contributed by atoms with Gasteiger partial charge in [0.15, 0.2) is 0 Å². The minimum Gasteiger partial charge on any atom is -0.126 e. The van der Waals surface area contributed by atoms with Gasteiger partial charge in [-0.05, 0) is 35.6 Å². The molecule has 0 aliphatic heterocycles. The lowest BCUT2D eigenvalue weighted by Gasteiger charge is -2.31. The first-order valence-electron chi connectivity index (χ1n) is 5.82. The zero-order valence-electron chi connectivity index (χ0n) is 10.4. The summed E-state index contributed by atoms with van der Waals surface area (Å²) in [5.74, 6) is 2.53. The Morgan fingerprint density at radius 1 is 1.25 bits per heavy atom. The van der Waals surface area contributed by atoms with E-state index in [2.05, 4.69) is 51.1 Å². The molecule has 0 spiro atoms. The van der Waals surface area contributed by atoms with Crippen LogP contribution in [-0.4, -0.2) is 11.6 Å². The van der Waals surface area contributed by atoms with E-state index >= 15 is 0 Å². The third kappa shape index (κ3) is 4.03. The van der Waals surface area contributed by atoms with Gasteiger partial charge in [0.2, 0.25) is 0 Å². The summed E-state index contributed by atoms with van der Waals surface area (Å²) < 4.78 is 0. The number of hydrogen-bond donors (Lipinski definition) is 0. The number of halogens is 1. The Morgan fingerprint density at radius 3 is 2.38 bits per heavy atom. The van der Waals surface area contributed by atoms with Gasteiger partial charge in [-0.2, -0.15) is 0 Å². The molecule has 0 radical (unpaired) electrons. The summed E-state index contributed by atoms with van der Waals surface area (Å²) in [4.78, 5) is 1.35. The summed E-state index contributed by atoms with van der Waals surface area (Å²) in [6, 6.07) is 10.6. The van der Waals surface area contributed by atoms with Crippen LogP contribution in [0.1, 0.15) is 27.2 Å². The molecular formula is C14H21ClS. The van der Waals surface area contributed by atoms with E-state index < -0.39 is 0 Å². The first-order valence-corrected chi connectivity index (χ1v) is 7.34. The topological polar surface area (TPSA) is 0 Å². The molecule has 1 aromatic rings. The summed E-state index contributed by atoms with van der Waals surface area (Å²) in [6.07, 6.45) is 1.17. The fourth-order valence-electron chi connectivity index (χ4n) is 1.43. The first kappa shape index (κ1) is 13.9. The number of rotatable bonds is 6. The van der Waals surface area contributed by atoms with Crippen LogP contribution in [0.15, 0.2) is 35.2 Å². The van der Waals surface area contributed by atoms with Crippen LogP contribution >= 0.6 is 23.4 Å². The van der Waals surface area contributed by atoms with E-state index in [9.17, 15) is 0 Å². The van der Waals surface area contributed by atoms with Gasteiger partial charge in [0.25, 0.3) is 0 Å². The molecule has 1 unspecified atom stereocenters. The van der Waals surface area contributed by atoms with E-state index in [4.69, 9.17) is 11.6 Å². The monoisotopic (exact) mass is 256 g/mol. The Kier molecular flexibility index (Phi) is 5.71. The maximum atomic E-state index is 6.08. The summed E-state index contributed by atoms with van der Waals surface area (Å²) in [5.41, 5.74) is 0.267. The molecule has 0 aliphatic carbocycles. The second kappa shape index (κ2) is 6.56. The highest BCUT2D eigenvalue weighted by Gasteiger charge is 2.26. The van der Waals surface area contributed by atoms with Crippen molar-refractivity contribution in [2.45, 2.75) is 32.1 Å². The van der Waals surface area contributed by atoms with E-state index in [1.54, 1.807) is 0 Å². The van der Waals surface area contributed by atoms with E-state index in [-0.39, 0.29) is 5.41 Å². The summed E-state index contributed by atoms with van der Waals surface area (Å²) >= 11 is 8.00. The Hall–Kier alpha value is -0.140. The van der Waals surface area contributed by atoms with Crippen molar-refractivity contribution in [1.29, 1.82) is 0 Å². The van der Waals surface area contributed by atoms with Gasteiger partial charge in [-0.25, -0.2) is 0 Å². The number of alkyl halides is 1. The molecule has 0 N–H and O–H groups in total. The molecule has 1 aromatic carbocycles. The molecule has 0 bridgehead atoms. The van der Waals surface area contributed by atoms with E-state index in [0.29, 0.717) is 5.92 Å². The second-order valence-corrected chi connectivity index (χ2v) is 6.29. The largest absolute Gasteiger partial charge is 0.126 e. The number of thioether (sulfide) groups is 1. The lowest BCUT2D eigenvalue weighted by molar-refractivity contribution is 0.247. The van der Waals surface area contributed by atoms with E-state index in [0.717, 1.165) is 11.6 Å². The minimum absolute atomic E-state index is 0.267. The number of benzene rings is 1. The molecule has 1 rings (SSSR count). The Labute approximate surface area is 109 Å². The molecule has 0 nitrogen and oxygen atoms in total. The second-order valence-electron chi connectivity index (χ2n) is 4.85. The third-order valence-corrected chi connectivity index (χ3v) is 5.01. The van der Waals surface area contributed by atoms with Crippen LogP contribution in [0.4, 0.5) is 0 Å². The molecule has 90 valence electrons. The molecule has 0 saturated carbocycles. The molecule has 0 aromatic heterocycles. The maximum Gasteiger partial charge on any atom is 0.0280 e. The highest BCUT2D eigenvalue weighted by Crippen LogP contribution is 2.34. The minimum atomic E-state index is 0.267. The molecule has 0 aliphatic rings. The highest BCUT2D eigenvalue weighted by molar-refractivity contribution is 7.99. The summed E-state index contributed by atoms with van der Waals surface area (Å²) in [7, 11) is 0. The van der Waals surface area contributed by atoms with Crippen LogP contribution in [-0.2, 0) is 0 Å². The van der Waals surface area contributed by atoms with Crippen LogP contribution in [0.5, 0.6) is 0 Å². The Morgan fingerprint density at radius 2 is 1.88 bits per heavy atom. The van der Waals surface area contributed by atoms with Crippen LogP contribution in [0.2, 0.25) is 0 Å². The van der Waals surface area contributed by atoms with Crippen LogP contribution in [0.25, 0.3) is 0 Å². The average molecular weight is 257 g/mol. The van der Waals surface area contributed by atoms with Crippen LogP contribution in [0, 0.1) is 11.3 Å². The van der Waals surface area contributed by atoms with Crippen LogP contribution < -0.4 is 0 Å². The van der Waals surface area contributed by atoms with Crippen molar-refractivity contribution in [3.63, 3.8) is 0 Å². The van der Waals surface area contributed by atoms with Crippen molar-refractivity contribution < 1.29 is 0 Å².